The Kier molecular flexibility index (Phi) is 6.49. The van der Waals surface area contributed by atoms with Crippen LogP contribution in [0.4, 0.5) is 4.79 Å². The normalized spacial score (nSPS) is 30.0. The third-order valence-electron chi connectivity index (χ3n) is 7.13. The second-order valence-electron chi connectivity index (χ2n) is 9.03. The minimum atomic E-state index is -0.971. The first-order valence-corrected chi connectivity index (χ1v) is 11.4. The van der Waals surface area contributed by atoms with Gasteiger partial charge in [0, 0.05) is 0 Å². The van der Waals surface area contributed by atoms with Crippen LogP contribution in [-0.4, -0.2) is 36.0 Å². The number of fused-ring (bicyclic) bond motifs is 4. The van der Waals surface area contributed by atoms with Gasteiger partial charge in [0.2, 0.25) is 0 Å². The van der Waals surface area contributed by atoms with E-state index in [2.05, 4.69) is 13.0 Å². The number of cyclic esters (lactones) is 1. The molecule has 0 unspecified atom stereocenters. The maximum atomic E-state index is 12.3. The van der Waals surface area contributed by atoms with Crippen LogP contribution in [0.5, 0.6) is 5.75 Å². The average molecular weight is 417 g/mol. The topological polar surface area (TPSA) is 82.1 Å². The van der Waals surface area contributed by atoms with Gasteiger partial charge in [-0.1, -0.05) is 31.9 Å². The van der Waals surface area contributed by atoms with Gasteiger partial charge in [-0.05, 0) is 79.9 Å². The van der Waals surface area contributed by atoms with Crippen LogP contribution in [0.3, 0.4) is 0 Å². The quantitative estimate of drug-likeness (QED) is 0.509. The summed E-state index contributed by atoms with van der Waals surface area (Å²) in [6, 6.07) is 5.92. The Bertz CT molecular complexity index is 775. The fraction of sp³-hybridized carbons (Fsp3) is 0.667. The monoisotopic (exact) mass is 416 g/mol. The van der Waals surface area contributed by atoms with Gasteiger partial charge in [0.1, 0.15) is 18.0 Å². The van der Waals surface area contributed by atoms with E-state index in [0.29, 0.717) is 23.5 Å². The second kappa shape index (κ2) is 9.27. The largest absolute Gasteiger partial charge is 0.508 e. The molecule has 3 aliphatic rings. The van der Waals surface area contributed by atoms with Gasteiger partial charge in [0.15, 0.2) is 6.61 Å². The lowest BCUT2D eigenvalue weighted by molar-refractivity contribution is -0.139. The lowest BCUT2D eigenvalue weighted by Gasteiger charge is -2.34. The van der Waals surface area contributed by atoms with Crippen LogP contribution in [0.2, 0.25) is 0 Å². The van der Waals surface area contributed by atoms with Crippen LogP contribution in [0.1, 0.15) is 63.0 Å². The maximum absolute atomic E-state index is 12.3. The minimum Gasteiger partial charge on any atom is -0.482 e. The van der Waals surface area contributed by atoms with Gasteiger partial charge >= 0.3 is 12.1 Å². The molecule has 0 bridgehead atoms. The van der Waals surface area contributed by atoms with Gasteiger partial charge in [-0.15, -0.1) is 0 Å². The van der Waals surface area contributed by atoms with Gasteiger partial charge in [0.25, 0.3) is 0 Å². The molecule has 0 aromatic heterocycles. The lowest BCUT2D eigenvalue weighted by atomic mass is 9.73. The van der Waals surface area contributed by atoms with E-state index in [1.807, 2.05) is 12.1 Å². The van der Waals surface area contributed by atoms with Gasteiger partial charge in [-0.2, -0.15) is 0 Å². The van der Waals surface area contributed by atoms with Crippen LogP contribution in [0.15, 0.2) is 18.2 Å². The Labute approximate surface area is 177 Å². The van der Waals surface area contributed by atoms with Crippen LogP contribution in [0, 0.1) is 17.8 Å². The number of hydrogen-bond donors (Lipinski definition) is 1. The number of carboxylic acid groups (broad SMARTS) is 1. The summed E-state index contributed by atoms with van der Waals surface area (Å²) in [7, 11) is 0. The predicted molar refractivity (Wildman–Crippen MR) is 111 cm³/mol. The molecular formula is C24H32O6. The Morgan fingerprint density at radius 3 is 2.83 bits per heavy atom. The molecule has 1 N–H and O–H groups in total. The summed E-state index contributed by atoms with van der Waals surface area (Å²) in [6.45, 7) is 1.85. The summed E-state index contributed by atoms with van der Waals surface area (Å²) in [5.74, 6) is 0.981. The first kappa shape index (κ1) is 21.0. The van der Waals surface area contributed by atoms with E-state index >= 15 is 0 Å². The van der Waals surface area contributed by atoms with Crippen LogP contribution in [0.25, 0.3) is 0 Å². The molecule has 1 aromatic carbocycles. The number of aliphatic carboxylic acids is 1. The van der Waals surface area contributed by atoms with Crippen molar-refractivity contribution in [3.8, 4) is 5.75 Å². The van der Waals surface area contributed by atoms with Crippen molar-refractivity contribution in [3.63, 3.8) is 0 Å². The number of unbranched alkanes of at least 4 members (excludes halogenated alkanes) is 2. The standard InChI is InChI=1S/C24H32O6/c1-2-3-4-7-17-9-10-18-19-11-15-6-5-8-21(28-14-23(25)26)20(15)12-16(19)13-22(18)30-24(27)29-17/h5-6,8,16-19,22H,2-4,7,9-14H2,1H3,(H,25,26)/t16-,17-,18+,19-,22+/m0/s1. The van der Waals surface area contributed by atoms with Crippen molar-refractivity contribution in [1.82, 2.24) is 0 Å². The Morgan fingerprint density at radius 2 is 2.03 bits per heavy atom. The molecule has 2 aliphatic carbocycles. The third-order valence-corrected chi connectivity index (χ3v) is 7.13. The van der Waals surface area contributed by atoms with Crippen molar-refractivity contribution in [3.05, 3.63) is 29.3 Å². The predicted octanol–water partition coefficient (Wildman–Crippen LogP) is 4.77. The number of rotatable bonds is 7. The molecule has 6 nitrogen and oxygen atoms in total. The molecule has 0 radical (unpaired) electrons. The molecule has 30 heavy (non-hydrogen) atoms. The van der Waals surface area contributed by atoms with E-state index in [0.717, 1.165) is 63.4 Å². The molecule has 164 valence electrons. The molecular weight excluding hydrogens is 384 g/mol. The Balaban J connectivity index is 1.47. The Morgan fingerprint density at radius 1 is 1.17 bits per heavy atom. The molecule has 1 aromatic rings. The summed E-state index contributed by atoms with van der Waals surface area (Å²) >= 11 is 0. The highest BCUT2D eigenvalue weighted by molar-refractivity contribution is 5.68. The zero-order valence-corrected chi connectivity index (χ0v) is 17.7. The van der Waals surface area contributed by atoms with Gasteiger partial charge in [-0.25, -0.2) is 9.59 Å². The van der Waals surface area contributed by atoms with E-state index in [1.165, 1.54) is 5.56 Å². The highest BCUT2D eigenvalue weighted by Gasteiger charge is 2.48. The summed E-state index contributed by atoms with van der Waals surface area (Å²) < 4.78 is 16.9. The third kappa shape index (κ3) is 4.57. The number of hydrogen-bond acceptors (Lipinski definition) is 5. The number of carbonyl (C=O) groups is 2. The Hall–Kier alpha value is -2.24. The first-order valence-electron chi connectivity index (χ1n) is 11.4. The van der Waals surface area contributed by atoms with Crippen molar-refractivity contribution in [2.24, 2.45) is 17.8 Å². The average Bonchev–Trinajstić information content (AvgIpc) is 3.02. The fourth-order valence-electron chi connectivity index (χ4n) is 5.74. The van der Waals surface area contributed by atoms with Crippen molar-refractivity contribution in [1.29, 1.82) is 0 Å². The van der Waals surface area contributed by atoms with Gasteiger partial charge in [0.05, 0.1) is 0 Å². The van der Waals surface area contributed by atoms with Crippen molar-refractivity contribution in [2.75, 3.05) is 6.61 Å². The summed E-state index contributed by atoms with van der Waals surface area (Å²) in [6.07, 6.45) is 8.27. The number of ether oxygens (including phenoxy) is 3. The summed E-state index contributed by atoms with van der Waals surface area (Å²) in [4.78, 5) is 23.2. The number of benzene rings is 1. The fourth-order valence-corrected chi connectivity index (χ4v) is 5.74. The zero-order chi connectivity index (χ0) is 21.1. The van der Waals surface area contributed by atoms with E-state index < -0.39 is 12.1 Å². The highest BCUT2D eigenvalue weighted by Crippen LogP contribution is 2.50. The number of carbonyl (C=O) groups excluding carboxylic acids is 1. The molecule has 1 aliphatic heterocycles. The minimum absolute atomic E-state index is 0.0315. The molecule has 4 rings (SSSR count). The summed E-state index contributed by atoms with van der Waals surface area (Å²) in [5.41, 5.74) is 2.36. The molecule has 5 atom stereocenters. The van der Waals surface area contributed by atoms with Crippen LogP contribution >= 0.6 is 0 Å². The molecule has 6 heteroatoms. The molecule has 0 amide bonds. The van der Waals surface area contributed by atoms with E-state index in [-0.39, 0.29) is 18.8 Å². The number of carboxylic acids is 1. The molecule has 1 heterocycles. The molecule has 1 saturated heterocycles. The maximum Gasteiger partial charge on any atom is 0.508 e. The SMILES string of the molecule is CCCCC[C@H]1CC[C@@H]2[C@H]3Cc4cccc(OCC(=O)O)c4C[C@H]3C[C@H]2OC(=O)O1. The van der Waals surface area contributed by atoms with E-state index in [1.54, 1.807) is 0 Å². The van der Waals surface area contributed by atoms with E-state index in [9.17, 15) is 9.59 Å². The smallest absolute Gasteiger partial charge is 0.482 e. The second-order valence-corrected chi connectivity index (χ2v) is 9.03. The van der Waals surface area contributed by atoms with Gasteiger partial charge < -0.3 is 19.3 Å². The van der Waals surface area contributed by atoms with Crippen molar-refractivity contribution >= 4 is 12.1 Å². The van der Waals surface area contributed by atoms with Crippen molar-refractivity contribution in [2.45, 2.75) is 76.9 Å². The van der Waals surface area contributed by atoms with Gasteiger partial charge in [-0.3, -0.25) is 0 Å². The van der Waals surface area contributed by atoms with E-state index in [4.69, 9.17) is 19.3 Å². The first-order chi connectivity index (χ1) is 14.5. The van der Waals surface area contributed by atoms with Crippen molar-refractivity contribution < 1.29 is 28.9 Å². The zero-order valence-electron chi connectivity index (χ0n) is 17.7. The molecule has 0 spiro atoms. The highest BCUT2D eigenvalue weighted by atomic mass is 16.7. The summed E-state index contributed by atoms with van der Waals surface area (Å²) in [5, 5.41) is 8.95. The van der Waals surface area contributed by atoms with Crippen LogP contribution in [-0.2, 0) is 27.1 Å². The molecule has 1 saturated carbocycles. The molecule has 2 fully saturated rings. The van der Waals surface area contributed by atoms with Crippen LogP contribution < -0.4 is 4.74 Å². The lowest BCUT2D eigenvalue weighted by Crippen LogP contribution is -2.33.